The summed E-state index contributed by atoms with van der Waals surface area (Å²) in [6.07, 6.45) is 5.18. The minimum Gasteiger partial charge on any atom is -0.492 e. The third-order valence-corrected chi connectivity index (χ3v) is 4.27. The number of nitroso groups, excluding NO2 is 1. The average Bonchev–Trinajstić information content (AvgIpc) is 2.67. The van der Waals surface area contributed by atoms with Gasteiger partial charge in [0.05, 0.1) is 13.1 Å². The Bertz CT molecular complexity index is 564. The number of amides is 2. The summed E-state index contributed by atoms with van der Waals surface area (Å²) >= 11 is 5.65. The Morgan fingerprint density at radius 2 is 2.04 bits per heavy atom. The summed E-state index contributed by atoms with van der Waals surface area (Å²) in [5, 5.41) is 15.4. The number of hydrogen-bond acceptors (Lipinski definition) is 6. The van der Waals surface area contributed by atoms with E-state index in [0.29, 0.717) is 12.3 Å². The van der Waals surface area contributed by atoms with E-state index in [0.717, 1.165) is 6.42 Å². The van der Waals surface area contributed by atoms with Gasteiger partial charge in [-0.3, -0.25) is 9.59 Å². The van der Waals surface area contributed by atoms with E-state index in [2.05, 4.69) is 10.5 Å². The molecule has 160 valence electrons. The van der Waals surface area contributed by atoms with Gasteiger partial charge in [0.1, 0.15) is 24.4 Å². The fourth-order valence-corrected chi connectivity index (χ4v) is 2.37. The monoisotopic (exact) mass is 417 g/mol. The van der Waals surface area contributed by atoms with Crippen LogP contribution >= 0.6 is 11.6 Å². The molecule has 0 saturated heterocycles. The van der Waals surface area contributed by atoms with E-state index in [1.807, 2.05) is 32.1 Å². The molecule has 9 heteroatoms. The van der Waals surface area contributed by atoms with Gasteiger partial charge in [-0.05, 0) is 25.5 Å². The van der Waals surface area contributed by atoms with Crippen LogP contribution < -0.4 is 5.32 Å². The van der Waals surface area contributed by atoms with Crippen molar-refractivity contribution in [3.63, 3.8) is 0 Å². The lowest BCUT2D eigenvalue weighted by Crippen LogP contribution is -2.48. The first-order valence-electron chi connectivity index (χ1n) is 9.27. The number of halogens is 1. The molecule has 2 N–H and O–H groups in total. The largest absolute Gasteiger partial charge is 0.492 e. The van der Waals surface area contributed by atoms with Crippen LogP contribution in [0.3, 0.4) is 0 Å². The standard InChI is InChI=1S/C19H32ClN3O5/c1-5-7-8-15(6-2)28-12-11-23(16(24)13-20)10-9-21-18(26)17(25)19(3,4)14-22-27/h6-8,17,25H,5,9-14H2,1-4H3,(H,21,26). The number of hydrogen-bond donors (Lipinski definition) is 2. The van der Waals surface area contributed by atoms with E-state index < -0.39 is 17.4 Å². The maximum atomic E-state index is 12.1. The maximum Gasteiger partial charge on any atom is 0.249 e. The number of nitrogens with one attached hydrogen (secondary N) is 1. The molecule has 0 rings (SSSR count). The zero-order valence-electron chi connectivity index (χ0n) is 17.1. The van der Waals surface area contributed by atoms with Crippen molar-refractivity contribution in [2.24, 2.45) is 10.6 Å². The van der Waals surface area contributed by atoms with Crippen LogP contribution in [0.2, 0.25) is 0 Å². The predicted octanol–water partition coefficient (Wildman–Crippen LogP) is 2.21. The van der Waals surface area contributed by atoms with Crippen molar-refractivity contribution in [3.05, 3.63) is 28.9 Å². The van der Waals surface area contributed by atoms with Gasteiger partial charge in [0.2, 0.25) is 11.8 Å². The molecule has 28 heavy (non-hydrogen) atoms. The lowest BCUT2D eigenvalue weighted by atomic mass is 9.86. The van der Waals surface area contributed by atoms with Gasteiger partial charge in [-0.1, -0.05) is 32.0 Å². The molecule has 0 radical (unpaired) electrons. The maximum absolute atomic E-state index is 12.1. The lowest BCUT2D eigenvalue weighted by Gasteiger charge is -2.27. The van der Waals surface area contributed by atoms with Gasteiger partial charge in [-0.15, -0.1) is 11.6 Å². The Morgan fingerprint density at radius 1 is 1.36 bits per heavy atom. The normalized spacial score (nSPS) is 13.3. The number of alkyl halides is 1. The highest BCUT2D eigenvalue weighted by Gasteiger charge is 2.33. The molecular formula is C19H32ClN3O5. The Hall–Kier alpha value is -1.93. The Morgan fingerprint density at radius 3 is 2.57 bits per heavy atom. The summed E-state index contributed by atoms with van der Waals surface area (Å²) in [5.41, 5.74) is -0.972. The van der Waals surface area contributed by atoms with Crippen molar-refractivity contribution < 1.29 is 19.4 Å². The summed E-state index contributed by atoms with van der Waals surface area (Å²) in [6.45, 7) is 7.79. The van der Waals surface area contributed by atoms with Crippen LogP contribution in [0.1, 0.15) is 34.1 Å². The molecule has 0 bridgehead atoms. The van der Waals surface area contributed by atoms with Crippen LogP contribution in [0.25, 0.3) is 0 Å². The molecule has 0 aromatic carbocycles. The molecule has 0 aromatic heterocycles. The molecule has 0 saturated carbocycles. The average molecular weight is 418 g/mol. The quantitative estimate of drug-likeness (QED) is 0.195. The molecule has 0 aliphatic heterocycles. The zero-order chi connectivity index (χ0) is 21.6. The first-order chi connectivity index (χ1) is 13.2. The number of carbonyl (C=O) groups is 2. The molecule has 0 aliphatic carbocycles. The molecule has 0 heterocycles. The summed E-state index contributed by atoms with van der Waals surface area (Å²) < 4.78 is 5.63. The third kappa shape index (κ3) is 9.85. The first-order valence-corrected chi connectivity index (χ1v) is 9.81. The van der Waals surface area contributed by atoms with Crippen molar-refractivity contribution in [1.82, 2.24) is 10.2 Å². The number of aliphatic hydroxyl groups is 1. The van der Waals surface area contributed by atoms with Gasteiger partial charge < -0.3 is 20.1 Å². The lowest BCUT2D eigenvalue weighted by molar-refractivity contribution is -0.135. The van der Waals surface area contributed by atoms with Crippen molar-refractivity contribution in [2.45, 2.75) is 40.2 Å². The second-order valence-corrected chi connectivity index (χ2v) is 7.10. The van der Waals surface area contributed by atoms with Crippen LogP contribution in [0.5, 0.6) is 0 Å². The van der Waals surface area contributed by atoms with Crippen LogP contribution in [-0.2, 0) is 14.3 Å². The number of allylic oxidation sites excluding steroid dienone is 3. The highest BCUT2D eigenvalue weighted by molar-refractivity contribution is 6.27. The van der Waals surface area contributed by atoms with Gasteiger partial charge in [0.15, 0.2) is 0 Å². The van der Waals surface area contributed by atoms with Crippen LogP contribution in [0.15, 0.2) is 29.2 Å². The van der Waals surface area contributed by atoms with Gasteiger partial charge >= 0.3 is 0 Å². The van der Waals surface area contributed by atoms with Crippen molar-refractivity contribution in [2.75, 3.05) is 38.7 Å². The third-order valence-electron chi connectivity index (χ3n) is 4.04. The summed E-state index contributed by atoms with van der Waals surface area (Å²) in [7, 11) is 0. The zero-order valence-corrected chi connectivity index (χ0v) is 17.9. The Kier molecular flexibility index (Phi) is 13.1. The van der Waals surface area contributed by atoms with E-state index in [1.165, 1.54) is 4.90 Å². The summed E-state index contributed by atoms with van der Waals surface area (Å²) in [5.74, 6) is -0.371. The van der Waals surface area contributed by atoms with Crippen molar-refractivity contribution >= 4 is 23.4 Å². The Balaban J connectivity index is 4.58. The number of carbonyl (C=O) groups excluding carboxylic acids is 2. The minimum atomic E-state index is -1.38. The number of nitrogens with zero attached hydrogens (tertiary/aromatic N) is 2. The molecule has 2 amide bonds. The van der Waals surface area contributed by atoms with E-state index in [4.69, 9.17) is 16.3 Å². The predicted molar refractivity (Wildman–Crippen MR) is 110 cm³/mol. The van der Waals surface area contributed by atoms with E-state index in [1.54, 1.807) is 13.8 Å². The van der Waals surface area contributed by atoms with Crippen LogP contribution in [-0.4, -0.2) is 66.6 Å². The van der Waals surface area contributed by atoms with Crippen molar-refractivity contribution in [1.29, 1.82) is 0 Å². The van der Waals surface area contributed by atoms with Gasteiger partial charge in [0.25, 0.3) is 0 Å². The number of ether oxygens (including phenoxy) is 1. The highest BCUT2D eigenvalue weighted by Crippen LogP contribution is 2.21. The molecule has 0 fully saturated rings. The fourth-order valence-electron chi connectivity index (χ4n) is 2.20. The van der Waals surface area contributed by atoms with Crippen molar-refractivity contribution in [3.8, 4) is 0 Å². The minimum absolute atomic E-state index is 0.134. The Labute approximate surface area is 171 Å². The van der Waals surface area contributed by atoms with Crippen LogP contribution in [0.4, 0.5) is 0 Å². The number of aliphatic hydroxyl groups excluding tert-OH is 1. The SMILES string of the molecule is CC=C(C=CCC)OCCN(CCNC(=O)C(O)C(C)(C)CN=O)C(=O)CCl. The molecule has 1 unspecified atom stereocenters. The van der Waals surface area contributed by atoms with Gasteiger partial charge in [0, 0.05) is 18.5 Å². The molecule has 1 atom stereocenters. The van der Waals surface area contributed by atoms with E-state index >= 15 is 0 Å². The molecular weight excluding hydrogens is 386 g/mol. The van der Waals surface area contributed by atoms with Gasteiger partial charge in [-0.2, -0.15) is 4.91 Å². The second-order valence-electron chi connectivity index (χ2n) is 6.83. The number of rotatable bonds is 14. The molecule has 0 spiro atoms. The highest BCUT2D eigenvalue weighted by atomic mass is 35.5. The van der Waals surface area contributed by atoms with Gasteiger partial charge in [-0.25, -0.2) is 0 Å². The topological polar surface area (TPSA) is 108 Å². The molecule has 0 aliphatic rings. The fraction of sp³-hybridized carbons (Fsp3) is 0.684. The first kappa shape index (κ1) is 26.1. The molecule has 8 nitrogen and oxygen atoms in total. The van der Waals surface area contributed by atoms with Crippen LogP contribution in [0, 0.1) is 10.3 Å². The summed E-state index contributed by atoms with van der Waals surface area (Å²) in [4.78, 5) is 35.9. The summed E-state index contributed by atoms with van der Waals surface area (Å²) in [6, 6.07) is 0. The van der Waals surface area contributed by atoms with E-state index in [-0.39, 0.29) is 38.0 Å². The van der Waals surface area contributed by atoms with E-state index in [9.17, 15) is 19.6 Å². The second kappa shape index (κ2) is 14.1. The smallest absolute Gasteiger partial charge is 0.249 e. The molecule has 0 aromatic rings.